The second-order valence-electron chi connectivity index (χ2n) is 6.13. The number of nitrogens with two attached hydrogens (primary N) is 1. The van der Waals surface area contributed by atoms with Crippen LogP contribution in [0.2, 0.25) is 0 Å². The first kappa shape index (κ1) is 16.6. The van der Waals surface area contributed by atoms with Gasteiger partial charge >= 0.3 is 0 Å². The van der Waals surface area contributed by atoms with Crippen molar-refractivity contribution >= 4 is 27.6 Å². The molecule has 3 N–H and O–H groups in total. The highest BCUT2D eigenvalue weighted by molar-refractivity contribution is 6.05. The summed E-state index contributed by atoms with van der Waals surface area (Å²) in [5.41, 5.74) is 8.18. The zero-order valence-electron chi connectivity index (χ0n) is 14.3. The summed E-state index contributed by atoms with van der Waals surface area (Å²) < 4.78 is 8.74. The van der Waals surface area contributed by atoms with Crippen LogP contribution in [-0.2, 0) is 17.8 Å². The first-order valence-corrected chi connectivity index (χ1v) is 8.52. The number of methoxy groups -OCH3 is 1. The lowest BCUT2D eigenvalue weighted by atomic mass is 10.2. The molecule has 0 amide bonds. The number of nitrogen functional groups attached to an aromatic ring is 1. The Morgan fingerprint density at radius 3 is 2.88 bits per heavy atom. The van der Waals surface area contributed by atoms with Crippen molar-refractivity contribution in [1.29, 1.82) is 0 Å². The molecule has 0 bridgehead atoms. The summed E-state index contributed by atoms with van der Waals surface area (Å²) in [5, 5.41) is 4.53. The van der Waals surface area contributed by atoms with Crippen LogP contribution in [0.15, 0.2) is 17.2 Å². The Kier molecular flexibility index (Phi) is 4.89. The van der Waals surface area contributed by atoms with E-state index in [0.29, 0.717) is 29.7 Å². The SMILES string of the molecule is CCCCCn1[nH]cc2c(N)c3c(=O)n(CCCOC)cc3nc21. The quantitative estimate of drug-likeness (QED) is 0.620. The van der Waals surface area contributed by atoms with Crippen LogP contribution >= 0.6 is 0 Å². The van der Waals surface area contributed by atoms with Gasteiger partial charge in [-0.05, 0) is 12.8 Å². The van der Waals surface area contributed by atoms with Crippen LogP contribution in [-0.4, -0.2) is 33.0 Å². The summed E-state index contributed by atoms with van der Waals surface area (Å²) in [5.74, 6) is 0. The molecule has 0 radical (unpaired) electrons. The van der Waals surface area contributed by atoms with Crippen LogP contribution in [0.4, 0.5) is 5.69 Å². The van der Waals surface area contributed by atoms with Gasteiger partial charge < -0.3 is 20.1 Å². The van der Waals surface area contributed by atoms with Crippen molar-refractivity contribution in [1.82, 2.24) is 19.3 Å². The summed E-state index contributed by atoms with van der Waals surface area (Å²) in [6.45, 7) is 4.28. The fourth-order valence-electron chi connectivity index (χ4n) is 3.08. The highest BCUT2D eigenvalue weighted by Crippen LogP contribution is 2.26. The van der Waals surface area contributed by atoms with Crippen LogP contribution in [0.25, 0.3) is 21.9 Å². The van der Waals surface area contributed by atoms with E-state index in [-0.39, 0.29) is 5.56 Å². The average Bonchev–Trinajstić information content (AvgIpc) is 3.11. The first-order valence-electron chi connectivity index (χ1n) is 8.52. The smallest absolute Gasteiger partial charge is 0.262 e. The first-order chi connectivity index (χ1) is 11.7. The minimum atomic E-state index is -0.0771. The van der Waals surface area contributed by atoms with E-state index in [9.17, 15) is 4.79 Å². The van der Waals surface area contributed by atoms with E-state index < -0.39 is 0 Å². The monoisotopic (exact) mass is 331 g/mol. The van der Waals surface area contributed by atoms with Crippen LogP contribution < -0.4 is 11.3 Å². The van der Waals surface area contributed by atoms with Crippen LogP contribution in [0.1, 0.15) is 32.6 Å². The van der Waals surface area contributed by atoms with E-state index in [0.717, 1.165) is 30.4 Å². The van der Waals surface area contributed by atoms with Gasteiger partial charge in [-0.25, -0.2) is 4.98 Å². The molecule has 0 unspecified atom stereocenters. The van der Waals surface area contributed by atoms with Crippen molar-refractivity contribution in [2.24, 2.45) is 0 Å². The Morgan fingerprint density at radius 2 is 2.12 bits per heavy atom. The Bertz CT molecular complexity index is 890. The van der Waals surface area contributed by atoms with Gasteiger partial charge in [0, 0.05) is 39.2 Å². The normalized spacial score (nSPS) is 11.8. The third kappa shape index (κ3) is 2.91. The standard InChI is InChI=1S/C17H25N5O2/c1-3-4-5-8-22-16-12(10-19-22)15(18)14-13(20-16)11-21(17(14)23)7-6-9-24-2/h10-11,19H,3-9,18H2,1-2H3. The van der Waals surface area contributed by atoms with Gasteiger partial charge in [0.2, 0.25) is 0 Å². The molecule has 0 saturated heterocycles. The molecule has 7 heteroatoms. The molecule has 3 aromatic heterocycles. The predicted octanol–water partition coefficient (Wildman–Crippen LogP) is 2.49. The van der Waals surface area contributed by atoms with Gasteiger partial charge in [-0.3, -0.25) is 9.48 Å². The molecule has 0 aliphatic rings. The number of pyridine rings is 1. The Labute approximate surface area is 140 Å². The number of unbranched alkanes of at least 4 members (excludes halogenated alkanes) is 2. The van der Waals surface area contributed by atoms with Gasteiger partial charge in [0.15, 0.2) is 5.65 Å². The van der Waals surface area contributed by atoms with Crippen LogP contribution in [0.5, 0.6) is 0 Å². The highest BCUT2D eigenvalue weighted by atomic mass is 16.5. The summed E-state index contributed by atoms with van der Waals surface area (Å²) in [4.78, 5) is 17.3. The maximum absolute atomic E-state index is 12.6. The largest absolute Gasteiger partial charge is 0.397 e. The second-order valence-corrected chi connectivity index (χ2v) is 6.13. The summed E-state index contributed by atoms with van der Waals surface area (Å²) in [6, 6.07) is 0. The van der Waals surface area contributed by atoms with Crippen LogP contribution in [0.3, 0.4) is 0 Å². The Morgan fingerprint density at radius 1 is 1.29 bits per heavy atom. The minimum absolute atomic E-state index is 0.0771. The number of H-pyrrole nitrogens is 1. The molecule has 0 saturated carbocycles. The van der Waals surface area contributed by atoms with E-state index >= 15 is 0 Å². The number of aromatic amines is 1. The van der Waals surface area contributed by atoms with E-state index in [1.54, 1.807) is 17.9 Å². The van der Waals surface area contributed by atoms with Gasteiger partial charge in [-0.2, -0.15) is 0 Å². The summed E-state index contributed by atoms with van der Waals surface area (Å²) in [6.07, 6.45) is 7.84. The maximum atomic E-state index is 12.6. The van der Waals surface area contributed by atoms with Gasteiger partial charge in [0.25, 0.3) is 5.56 Å². The molecule has 24 heavy (non-hydrogen) atoms. The second kappa shape index (κ2) is 7.09. The minimum Gasteiger partial charge on any atom is -0.397 e. The Hall–Kier alpha value is -2.28. The number of rotatable bonds is 8. The molecule has 0 fully saturated rings. The lowest BCUT2D eigenvalue weighted by Crippen LogP contribution is -2.16. The number of ether oxygens (including phenoxy) is 1. The molecule has 0 spiro atoms. The molecule has 0 aliphatic carbocycles. The number of anilines is 1. The van der Waals surface area contributed by atoms with Crippen LogP contribution in [0, 0.1) is 0 Å². The molecule has 0 aliphatic heterocycles. The molecule has 3 rings (SSSR count). The molecule has 130 valence electrons. The summed E-state index contributed by atoms with van der Waals surface area (Å²) in [7, 11) is 1.66. The number of nitrogens with zero attached hydrogens (tertiary/aromatic N) is 3. The van der Waals surface area contributed by atoms with E-state index in [1.165, 1.54) is 12.8 Å². The van der Waals surface area contributed by atoms with E-state index in [1.807, 2.05) is 10.9 Å². The molecular formula is C17H25N5O2. The number of fused-ring (bicyclic) bond motifs is 2. The number of hydrogen-bond donors (Lipinski definition) is 2. The third-order valence-corrected chi connectivity index (χ3v) is 4.39. The number of nitrogens with one attached hydrogen (secondary N) is 1. The third-order valence-electron chi connectivity index (χ3n) is 4.39. The fourth-order valence-corrected chi connectivity index (χ4v) is 3.08. The Balaban J connectivity index is 2.02. The molecule has 0 atom stereocenters. The molecular weight excluding hydrogens is 306 g/mol. The fraction of sp³-hybridized carbons (Fsp3) is 0.529. The van der Waals surface area contributed by atoms with Gasteiger partial charge in [-0.15, -0.1) is 0 Å². The average molecular weight is 331 g/mol. The predicted molar refractivity (Wildman–Crippen MR) is 96.3 cm³/mol. The molecule has 7 nitrogen and oxygen atoms in total. The highest BCUT2D eigenvalue weighted by Gasteiger charge is 2.16. The number of aromatic nitrogens is 4. The van der Waals surface area contributed by atoms with Crippen molar-refractivity contribution in [2.75, 3.05) is 19.5 Å². The summed E-state index contributed by atoms with van der Waals surface area (Å²) >= 11 is 0. The maximum Gasteiger partial charge on any atom is 0.262 e. The molecule has 3 aromatic rings. The lowest BCUT2D eigenvalue weighted by Gasteiger charge is -2.04. The van der Waals surface area contributed by atoms with Crippen molar-refractivity contribution in [3.05, 3.63) is 22.7 Å². The topological polar surface area (TPSA) is 90.9 Å². The number of aryl methyl sites for hydroxylation is 2. The van der Waals surface area contributed by atoms with Crippen molar-refractivity contribution < 1.29 is 4.74 Å². The lowest BCUT2D eigenvalue weighted by molar-refractivity contribution is 0.190. The van der Waals surface area contributed by atoms with E-state index in [2.05, 4.69) is 17.0 Å². The van der Waals surface area contributed by atoms with Crippen molar-refractivity contribution in [3.8, 4) is 0 Å². The zero-order chi connectivity index (χ0) is 17.1. The zero-order valence-corrected chi connectivity index (χ0v) is 14.3. The van der Waals surface area contributed by atoms with Gasteiger partial charge in [0.1, 0.15) is 0 Å². The molecule has 0 aromatic carbocycles. The van der Waals surface area contributed by atoms with Gasteiger partial charge in [-0.1, -0.05) is 19.8 Å². The number of hydrogen-bond acceptors (Lipinski definition) is 4. The van der Waals surface area contributed by atoms with E-state index in [4.69, 9.17) is 10.5 Å². The molecule has 3 heterocycles. The van der Waals surface area contributed by atoms with Gasteiger partial charge in [0.05, 0.1) is 22.0 Å². The van der Waals surface area contributed by atoms with Crippen molar-refractivity contribution in [2.45, 2.75) is 45.7 Å². The van der Waals surface area contributed by atoms with Crippen molar-refractivity contribution in [3.63, 3.8) is 0 Å².